The Morgan fingerprint density at radius 1 is 1.46 bits per heavy atom. The Hall–Kier alpha value is -0.780. The van der Waals surface area contributed by atoms with E-state index in [1.165, 1.54) is 4.90 Å². The summed E-state index contributed by atoms with van der Waals surface area (Å²) >= 11 is 0. The molecule has 0 fully saturated rings. The van der Waals surface area contributed by atoms with Gasteiger partial charge in [-0.1, -0.05) is 6.92 Å². The topological polar surface area (TPSA) is 40.5 Å². The van der Waals surface area contributed by atoms with Gasteiger partial charge in [0.25, 0.3) is 0 Å². The van der Waals surface area contributed by atoms with Gasteiger partial charge in [-0.05, 0) is 6.54 Å². The van der Waals surface area contributed by atoms with Gasteiger partial charge in [-0.2, -0.15) is 13.2 Å². The van der Waals surface area contributed by atoms with Gasteiger partial charge in [0.05, 0.1) is 13.0 Å². The highest BCUT2D eigenvalue weighted by Crippen LogP contribution is 2.19. The summed E-state index contributed by atoms with van der Waals surface area (Å²) in [7, 11) is 0. The van der Waals surface area contributed by atoms with Crippen molar-refractivity contribution in [2.75, 3.05) is 19.6 Å². The minimum atomic E-state index is -4.22. The van der Waals surface area contributed by atoms with E-state index < -0.39 is 18.6 Å². The molecule has 0 bridgehead atoms. The average Bonchev–Trinajstić information content (AvgIpc) is 1.95. The molecule has 0 aromatic heterocycles. The Bertz CT molecular complexity index is 170. The van der Waals surface area contributed by atoms with E-state index in [1.54, 1.807) is 6.92 Å². The van der Waals surface area contributed by atoms with Gasteiger partial charge in [-0.3, -0.25) is 9.69 Å². The highest BCUT2D eigenvalue weighted by Gasteiger charge is 2.27. The molecule has 0 aliphatic heterocycles. The summed E-state index contributed by atoms with van der Waals surface area (Å²) in [6.07, 6.45) is -5.18. The molecule has 0 spiro atoms. The van der Waals surface area contributed by atoms with E-state index in [1.807, 2.05) is 0 Å². The van der Waals surface area contributed by atoms with Crippen molar-refractivity contribution in [3.05, 3.63) is 0 Å². The van der Waals surface area contributed by atoms with Gasteiger partial charge in [0.15, 0.2) is 0 Å². The predicted octanol–water partition coefficient (Wildman–Crippen LogP) is 1.35. The molecule has 3 nitrogen and oxygen atoms in total. The summed E-state index contributed by atoms with van der Waals surface area (Å²) in [5, 5.41) is 8.32. The molecule has 0 unspecified atom stereocenters. The number of hydrogen-bond donors (Lipinski definition) is 1. The van der Waals surface area contributed by atoms with E-state index in [2.05, 4.69) is 0 Å². The summed E-state index contributed by atoms with van der Waals surface area (Å²) in [6, 6.07) is 0. The van der Waals surface area contributed by atoms with Crippen molar-refractivity contribution < 1.29 is 23.1 Å². The minimum Gasteiger partial charge on any atom is -0.480 e. The number of rotatable bonds is 5. The molecule has 13 heavy (non-hydrogen) atoms. The molecular formula is C7H12F3NO2. The summed E-state index contributed by atoms with van der Waals surface area (Å²) in [6.45, 7) is 1.33. The second kappa shape index (κ2) is 5.06. The SMILES string of the molecule is CCN(CCC(F)(F)F)CC(=O)O. The maximum Gasteiger partial charge on any atom is 0.390 e. The van der Waals surface area contributed by atoms with Gasteiger partial charge in [0.1, 0.15) is 0 Å². The third-order valence-corrected chi connectivity index (χ3v) is 1.52. The van der Waals surface area contributed by atoms with Crippen LogP contribution in [0.15, 0.2) is 0 Å². The molecule has 0 aromatic rings. The number of carbonyl (C=O) groups is 1. The van der Waals surface area contributed by atoms with Crippen LogP contribution in [-0.4, -0.2) is 41.8 Å². The maximum atomic E-state index is 11.7. The fraction of sp³-hybridized carbons (Fsp3) is 0.857. The molecule has 0 atom stereocenters. The summed E-state index contributed by atoms with van der Waals surface area (Å²) in [5.41, 5.74) is 0. The Balaban J connectivity index is 3.79. The van der Waals surface area contributed by atoms with Gasteiger partial charge in [0, 0.05) is 6.54 Å². The van der Waals surface area contributed by atoms with E-state index in [4.69, 9.17) is 5.11 Å². The first-order valence-corrected chi connectivity index (χ1v) is 3.86. The van der Waals surface area contributed by atoms with Crippen molar-refractivity contribution in [2.45, 2.75) is 19.5 Å². The lowest BCUT2D eigenvalue weighted by atomic mass is 10.3. The largest absolute Gasteiger partial charge is 0.480 e. The molecule has 0 aromatic carbocycles. The van der Waals surface area contributed by atoms with E-state index in [-0.39, 0.29) is 13.1 Å². The molecule has 0 amide bonds. The van der Waals surface area contributed by atoms with Crippen LogP contribution >= 0.6 is 0 Å². The standard InChI is InChI=1S/C7H12F3NO2/c1-2-11(5-6(12)13)4-3-7(8,9)10/h2-5H2,1H3,(H,12,13). The molecular weight excluding hydrogens is 187 g/mol. The Morgan fingerprint density at radius 2 is 2.00 bits per heavy atom. The lowest BCUT2D eigenvalue weighted by Crippen LogP contribution is -2.32. The Morgan fingerprint density at radius 3 is 2.31 bits per heavy atom. The van der Waals surface area contributed by atoms with Crippen molar-refractivity contribution in [1.29, 1.82) is 0 Å². The first-order chi connectivity index (χ1) is 5.85. The van der Waals surface area contributed by atoms with Crippen molar-refractivity contribution in [1.82, 2.24) is 4.90 Å². The highest BCUT2D eigenvalue weighted by atomic mass is 19.4. The Labute approximate surface area is 74.1 Å². The quantitative estimate of drug-likeness (QED) is 0.726. The van der Waals surface area contributed by atoms with Crippen molar-refractivity contribution in [3.8, 4) is 0 Å². The third kappa shape index (κ3) is 7.58. The number of nitrogens with zero attached hydrogens (tertiary/aromatic N) is 1. The zero-order valence-corrected chi connectivity index (χ0v) is 7.26. The lowest BCUT2D eigenvalue weighted by Gasteiger charge is -2.18. The molecule has 1 N–H and O–H groups in total. The fourth-order valence-corrected chi connectivity index (χ4v) is 0.825. The van der Waals surface area contributed by atoms with Gasteiger partial charge in [-0.25, -0.2) is 0 Å². The minimum absolute atomic E-state index is 0.258. The molecule has 0 saturated carbocycles. The second-order valence-electron chi connectivity index (χ2n) is 2.63. The molecule has 0 rings (SSSR count). The van der Waals surface area contributed by atoms with Crippen LogP contribution in [0.25, 0.3) is 0 Å². The Kier molecular flexibility index (Phi) is 4.76. The highest BCUT2D eigenvalue weighted by molar-refractivity contribution is 5.69. The second-order valence-corrected chi connectivity index (χ2v) is 2.63. The van der Waals surface area contributed by atoms with Crippen molar-refractivity contribution in [3.63, 3.8) is 0 Å². The van der Waals surface area contributed by atoms with E-state index in [0.717, 1.165) is 0 Å². The van der Waals surface area contributed by atoms with Crippen LogP contribution in [0.2, 0.25) is 0 Å². The first kappa shape index (κ1) is 12.2. The van der Waals surface area contributed by atoms with Crippen LogP contribution in [0, 0.1) is 0 Å². The van der Waals surface area contributed by atoms with Crippen LogP contribution in [0.1, 0.15) is 13.3 Å². The zero-order valence-electron chi connectivity index (χ0n) is 7.26. The molecule has 0 saturated heterocycles. The van der Waals surface area contributed by atoms with Crippen molar-refractivity contribution >= 4 is 5.97 Å². The number of aliphatic carboxylic acids is 1. The molecule has 0 aliphatic carbocycles. The zero-order chi connectivity index (χ0) is 10.5. The third-order valence-electron chi connectivity index (χ3n) is 1.52. The summed E-state index contributed by atoms with van der Waals surface area (Å²) in [5.74, 6) is -1.11. The van der Waals surface area contributed by atoms with Gasteiger partial charge in [0.2, 0.25) is 0 Å². The molecule has 6 heteroatoms. The van der Waals surface area contributed by atoms with Gasteiger partial charge in [-0.15, -0.1) is 0 Å². The summed E-state index contributed by atoms with van der Waals surface area (Å²) < 4.78 is 35.1. The van der Waals surface area contributed by atoms with Crippen LogP contribution < -0.4 is 0 Å². The maximum absolute atomic E-state index is 11.7. The van der Waals surface area contributed by atoms with E-state index in [0.29, 0.717) is 6.54 Å². The van der Waals surface area contributed by atoms with E-state index >= 15 is 0 Å². The van der Waals surface area contributed by atoms with Crippen LogP contribution in [-0.2, 0) is 4.79 Å². The summed E-state index contributed by atoms with van der Waals surface area (Å²) in [4.78, 5) is 11.4. The molecule has 0 aliphatic rings. The van der Waals surface area contributed by atoms with E-state index in [9.17, 15) is 18.0 Å². The molecule has 0 heterocycles. The van der Waals surface area contributed by atoms with Crippen LogP contribution in [0.5, 0.6) is 0 Å². The fourth-order valence-electron chi connectivity index (χ4n) is 0.825. The monoisotopic (exact) mass is 199 g/mol. The lowest BCUT2D eigenvalue weighted by molar-refractivity contribution is -0.145. The number of carboxylic acids is 1. The normalized spacial score (nSPS) is 12.1. The average molecular weight is 199 g/mol. The predicted molar refractivity (Wildman–Crippen MR) is 40.4 cm³/mol. The number of halogens is 3. The van der Waals surface area contributed by atoms with Gasteiger partial charge < -0.3 is 5.11 Å². The molecule has 78 valence electrons. The number of alkyl halides is 3. The smallest absolute Gasteiger partial charge is 0.390 e. The van der Waals surface area contributed by atoms with Gasteiger partial charge >= 0.3 is 12.1 Å². The molecule has 0 radical (unpaired) electrons. The number of hydrogen-bond acceptors (Lipinski definition) is 2. The first-order valence-electron chi connectivity index (χ1n) is 3.86. The van der Waals surface area contributed by atoms with Crippen molar-refractivity contribution in [2.24, 2.45) is 0 Å². The number of likely N-dealkylation sites (N-methyl/N-ethyl adjacent to an activating group) is 1. The number of carboxylic acid groups (broad SMARTS) is 1. The van der Waals surface area contributed by atoms with Crippen LogP contribution in [0.3, 0.4) is 0 Å². The van der Waals surface area contributed by atoms with Crippen LogP contribution in [0.4, 0.5) is 13.2 Å².